The third-order valence-electron chi connectivity index (χ3n) is 12.6. The second-order valence-electron chi connectivity index (χ2n) is 17.0. The van der Waals surface area contributed by atoms with Crippen LogP contribution in [0.3, 0.4) is 0 Å². The summed E-state index contributed by atoms with van der Waals surface area (Å²) in [7, 11) is 2.60. The molecule has 4 heterocycles. The molecule has 0 radical (unpaired) electrons. The number of methoxy groups -OCH3 is 2. The van der Waals surface area contributed by atoms with Crippen LogP contribution >= 0.6 is 0 Å². The maximum absolute atomic E-state index is 13.9. The van der Waals surface area contributed by atoms with Gasteiger partial charge in [-0.05, 0) is 89.8 Å². The Morgan fingerprint density at radius 2 is 1.30 bits per heavy atom. The molecule has 60 heavy (non-hydrogen) atoms. The monoisotopic (exact) mass is 814 g/mol. The molecular formula is C46H54N8O6. The van der Waals surface area contributed by atoms with Gasteiger partial charge >= 0.3 is 12.2 Å². The Morgan fingerprint density at radius 1 is 0.717 bits per heavy atom. The number of benzene rings is 3. The normalized spacial score (nSPS) is 20.8. The molecular weight excluding hydrogens is 761 g/mol. The smallest absolute Gasteiger partial charge is 0.407 e. The third kappa shape index (κ3) is 7.82. The van der Waals surface area contributed by atoms with E-state index >= 15 is 0 Å². The maximum atomic E-state index is 13.9. The molecule has 14 heteroatoms. The number of hydrogen-bond donors (Lipinski definition) is 4. The number of likely N-dealkylation sites (tertiary alicyclic amines) is 2. The number of fused-ring (bicyclic) bond motifs is 3. The first kappa shape index (κ1) is 40.6. The highest BCUT2D eigenvalue weighted by Gasteiger charge is 2.51. The predicted octanol–water partition coefficient (Wildman–Crippen LogP) is 7.76. The van der Waals surface area contributed by atoms with Gasteiger partial charge in [-0.25, -0.2) is 19.6 Å². The van der Waals surface area contributed by atoms with Gasteiger partial charge in [0.25, 0.3) is 0 Å². The number of aromatic amines is 2. The molecule has 3 fully saturated rings. The van der Waals surface area contributed by atoms with E-state index in [0.29, 0.717) is 12.5 Å². The van der Waals surface area contributed by atoms with E-state index in [0.717, 1.165) is 88.3 Å². The summed E-state index contributed by atoms with van der Waals surface area (Å²) in [5, 5.41) is 5.47. The molecule has 4 amide bonds. The van der Waals surface area contributed by atoms with Gasteiger partial charge in [-0.1, -0.05) is 82.3 Å². The van der Waals surface area contributed by atoms with Crippen molar-refractivity contribution in [2.45, 2.75) is 90.0 Å². The second-order valence-corrected chi connectivity index (χ2v) is 17.0. The summed E-state index contributed by atoms with van der Waals surface area (Å²) in [5.74, 6) is 1.40. The number of amides is 4. The summed E-state index contributed by atoms with van der Waals surface area (Å²) in [6.07, 6.45) is 5.18. The molecule has 2 aliphatic heterocycles. The van der Waals surface area contributed by atoms with Crippen molar-refractivity contribution in [2.75, 3.05) is 20.8 Å². The number of aromatic nitrogens is 4. The van der Waals surface area contributed by atoms with Crippen molar-refractivity contribution in [3.8, 4) is 33.5 Å². The highest BCUT2D eigenvalue weighted by molar-refractivity contribution is 5.88. The summed E-state index contributed by atoms with van der Waals surface area (Å²) in [5.41, 5.74) is 7.89. The molecule has 2 bridgehead atoms. The van der Waals surface area contributed by atoms with E-state index in [9.17, 15) is 19.2 Å². The minimum absolute atomic E-state index is 0.0919. The largest absolute Gasteiger partial charge is 0.453 e. The zero-order valence-corrected chi connectivity index (χ0v) is 35.0. The Labute approximate surface area is 349 Å². The molecule has 6 atom stereocenters. The third-order valence-corrected chi connectivity index (χ3v) is 12.6. The van der Waals surface area contributed by atoms with E-state index in [1.165, 1.54) is 14.2 Å². The summed E-state index contributed by atoms with van der Waals surface area (Å²) in [4.78, 5) is 72.2. The van der Waals surface area contributed by atoms with Gasteiger partial charge in [0, 0.05) is 12.6 Å². The summed E-state index contributed by atoms with van der Waals surface area (Å²) in [6.45, 7) is 8.27. The molecule has 1 saturated carbocycles. The number of carbonyl (C=O) groups is 4. The highest BCUT2D eigenvalue weighted by Crippen LogP contribution is 2.50. The molecule has 8 rings (SSSR count). The van der Waals surface area contributed by atoms with Gasteiger partial charge in [0.05, 0.1) is 49.2 Å². The van der Waals surface area contributed by atoms with Crippen molar-refractivity contribution in [2.24, 2.45) is 17.8 Å². The summed E-state index contributed by atoms with van der Waals surface area (Å²) >= 11 is 0. The molecule has 3 aromatic carbocycles. The van der Waals surface area contributed by atoms with Crippen molar-refractivity contribution in [1.29, 1.82) is 0 Å². The lowest BCUT2D eigenvalue weighted by Gasteiger charge is -2.37. The number of nitrogens with zero attached hydrogens (tertiary/aromatic N) is 4. The lowest BCUT2D eigenvalue weighted by atomic mass is 9.95. The van der Waals surface area contributed by atoms with Crippen LogP contribution in [0.15, 0.2) is 72.9 Å². The molecule has 3 aliphatic rings. The van der Waals surface area contributed by atoms with Crippen LogP contribution in [0, 0.1) is 17.8 Å². The first-order valence-electron chi connectivity index (χ1n) is 21.0. The Balaban J connectivity index is 0.947. The highest BCUT2D eigenvalue weighted by atomic mass is 16.5. The fourth-order valence-corrected chi connectivity index (χ4v) is 9.41. The van der Waals surface area contributed by atoms with E-state index < -0.39 is 24.3 Å². The van der Waals surface area contributed by atoms with Crippen LogP contribution in [-0.2, 0) is 19.1 Å². The number of rotatable bonds is 11. The van der Waals surface area contributed by atoms with Crippen molar-refractivity contribution < 1.29 is 28.7 Å². The van der Waals surface area contributed by atoms with Crippen LogP contribution in [0.1, 0.15) is 83.5 Å². The summed E-state index contributed by atoms with van der Waals surface area (Å²) in [6, 6.07) is 21.4. The van der Waals surface area contributed by atoms with Crippen LogP contribution in [0.5, 0.6) is 0 Å². The zero-order chi connectivity index (χ0) is 42.2. The number of alkyl carbamates (subject to hydrolysis) is 2. The lowest BCUT2D eigenvalue weighted by molar-refractivity contribution is -0.139. The number of carbonyl (C=O) groups excluding carboxylic acids is 4. The van der Waals surface area contributed by atoms with E-state index in [-0.39, 0.29) is 41.8 Å². The number of nitrogens with one attached hydrogen (secondary N) is 4. The molecule has 2 saturated heterocycles. The Morgan fingerprint density at radius 3 is 1.92 bits per heavy atom. The number of hydrogen-bond acceptors (Lipinski definition) is 8. The fraction of sp³-hybridized carbons (Fsp3) is 0.435. The molecule has 1 aliphatic carbocycles. The van der Waals surface area contributed by atoms with Gasteiger partial charge < -0.3 is 39.9 Å². The lowest BCUT2D eigenvalue weighted by Crippen LogP contribution is -2.54. The van der Waals surface area contributed by atoms with Gasteiger partial charge in [0.1, 0.15) is 23.7 Å². The van der Waals surface area contributed by atoms with Crippen molar-refractivity contribution in [1.82, 2.24) is 40.4 Å². The van der Waals surface area contributed by atoms with Gasteiger partial charge in [-0.3, -0.25) is 9.59 Å². The van der Waals surface area contributed by atoms with Crippen LogP contribution in [0.25, 0.3) is 44.5 Å². The van der Waals surface area contributed by atoms with Crippen LogP contribution in [0.2, 0.25) is 0 Å². The number of piperidine rings is 1. The number of H-pyrrole nitrogens is 2. The van der Waals surface area contributed by atoms with Crippen LogP contribution in [0.4, 0.5) is 9.59 Å². The molecule has 5 aromatic rings. The minimum atomic E-state index is -0.689. The van der Waals surface area contributed by atoms with E-state index in [1.807, 2.05) is 49.8 Å². The topological polar surface area (TPSA) is 175 Å². The van der Waals surface area contributed by atoms with Gasteiger partial charge in [-0.15, -0.1) is 0 Å². The molecule has 6 unspecified atom stereocenters. The average Bonchev–Trinajstić information content (AvgIpc) is 4.12. The van der Waals surface area contributed by atoms with E-state index in [4.69, 9.17) is 19.4 Å². The van der Waals surface area contributed by atoms with Gasteiger partial charge in [0.2, 0.25) is 11.8 Å². The Kier molecular flexibility index (Phi) is 11.4. The zero-order valence-electron chi connectivity index (χ0n) is 35.0. The van der Waals surface area contributed by atoms with Crippen LogP contribution in [-0.4, -0.2) is 92.6 Å². The molecule has 314 valence electrons. The van der Waals surface area contributed by atoms with E-state index in [1.54, 1.807) is 0 Å². The standard InChI is InChI=1S/C46H54N8O6/c1-25(2)38(51-45(57)59-5)43(55)53-21-7-8-37(53)41-48-34-20-18-31(23-35(34)49-41)29-11-9-27(10-12-29)28-13-15-30(16-14-28)36-24-47-42(50-36)40-32-17-19-33(22-32)54(40)44(56)39(26(3)4)52-46(58)60-6/h9-16,18,20,23-26,32-33,37-40H,7-8,17,19,21-22H2,1-6H3,(H,47,50)(H,48,49)(H,51,57)(H,52,58). The average molecular weight is 815 g/mol. The minimum Gasteiger partial charge on any atom is -0.453 e. The second kappa shape index (κ2) is 16.8. The summed E-state index contributed by atoms with van der Waals surface area (Å²) < 4.78 is 9.60. The quantitative estimate of drug-likeness (QED) is 0.105. The maximum Gasteiger partial charge on any atom is 0.407 e. The van der Waals surface area contributed by atoms with Crippen LogP contribution < -0.4 is 10.6 Å². The van der Waals surface area contributed by atoms with Crippen molar-refractivity contribution in [3.63, 3.8) is 0 Å². The van der Waals surface area contributed by atoms with Crippen molar-refractivity contribution >= 4 is 35.0 Å². The first-order chi connectivity index (χ1) is 28.9. The van der Waals surface area contributed by atoms with Crippen molar-refractivity contribution in [3.05, 3.63) is 84.6 Å². The number of imidazole rings is 2. The molecule has 14 nitrogen and oxygen atoms in total. The SMILES string of the molecule is COC(=O)NC(C(=O)N1CCCC1c1nc2ccc(-c3ccc(-c4ccc(-c5cnc(C6C7CCC(C7)N6C(=O)C(NC(=O)OC)C(C)C)[nH]5)cc4)cc3)cc2[nH]1)C(C)C. The number of ether oxygens (including phenoxy) is 2. The fourth-order valence-electron chi connectivity index (χ4n) is 9.41. The Bertz CT molecular complexity index is 2370. The van der Waals surface area contributed by atoms with E-state index in [2.05, 4.69) is 81.3 Å². The molecule has 0 spiro atoms. The van der Waals surface area contributed by atoms with Gasteiger partial charge in [-0.2, -0.15) is 0 Å². The molecule has 2 aromatic heterocycles. The molecule has 4 N–H and O–H groups in total. The predicted molar refractivity (Wildman–Crippen MR) is 227 cm³/mol. The first-order valence-corrected chi connectivity index (χ1v) is 21.0. The Hall–Kier alpha value is -6.18. The van der Waals surface area contributed by atoms with Gasteiger partial charge in [0.15, 0.2) is 0 Å².